The minimum Gasteiger partial charge on any atom is -0.344 e. The van der Waals surface area contributed by atoms with Crippen molar-refractivity contribution in [3.8, 4) is 0 Å². The van der Waals surface area contributed by atoms with Gasteiger partial charge in [0, 0.05) is 0 Å². The summed E-state index contributed by atoms with van der Waals surface area (Å²) in [4.78, 5) is 32.4. The van der Waals surface area contributed by atoms with Crippen LogP contribution in [0.2, 0.25) is 0 Å². The van der Waals surface area contributed by atoms with Crippen LogP contribution in [0.15, 0.2) is 48.5 Å². The highest BCUT2D eigenvalue weighted by Gasteiger charge is 2.23. The second-order valence-corrected chi connectivity index (χ2v) is 7.11. The number of para-hydroxylation sites is 2. The molecule has 0 bridgehead atoms. The number of imidazole rings is 1. The van der Waals surface area contributed by atoms with Gasteiger partial charge in [-0.05, 0) is 36.1 Å². The molecule has 0 saturated heterocycles. The lowest BCUT2D eigenvalue weighted by atomic mass is 10.0. The van der Waals surface area contributed by atoms with Crippen LogP contribution in [-0.4, -0.2) is 27.8 Å². The van der Waals surface area contributed by atoms with E-state index in [1.807, 2.05) is 38.1 Å². The Morgan fingerprint density at radius 1 is 1.11 bits per heavy atom. The van der Waals surface area contributed by atoms with Crippen LogP contribution in [0.3, 0.4) is 0 Å². The van der Waals surface area contributed by atoms with E-state index in [2.05, 4.69) is 20.6 Å². The number of carbonyl (C=O) groups is 2. The van der Waals surface area contributed by atoms with E-state index in [-0.39, 0.29) is 18.2 Å². The molecule has 3 N–H and O–H groups in total. The summed E-state index contributed by atoms with van der Waals surface area (Å²) in [6.07, 6.45) is 0.328. The quantitative estimate of drug-likeness (QED) is 0.585. The molecule has 0 aliphatic heterocycles. The molecule has 7 heteroatoms. The minimum atomic E-state index is -0.743. The van der Waals surface area contributed by atoms with Gasteiger partial charge in [0.1, 0.15) is 11.9 Å². The van der Waals surface area contributed by atoms with Crippen molar-refractivity contribution in [2.75, 3.05) is 5.32 Å². The third-order valence-electron chi connectivity index (χ3n) is 4.30. The Balaban J connectivity index is 1.68. The van der Waals surface area contributed by atoms with E-state index in [4.69, 9.17) is 0 Å². The van der Waals surface area contributed by atoms with Crippen LogP contribution in [0.1, 0.15) is 25.8 Å². The number of benzene rings is 2. The van der Waals surface area contributed by atoms with Gasteiger partial charge in [-0.15, -0.1) is 0 Å². The number of anilines is 1. The molecule has 0 saturated carbocycles. The van der Waals surface area contributed by atoms with Gasteiger partial charge in [-0.3, -0.25) is 14.9 Å². The Kier molecular flexibility index (Phi) is 6.03. The van der Waals surface area contributed by atoms with Crippen LogP contribution in [0.25, 0.3) is 11.0 Å². The summed E-state index contributed by atoms with van der Waals surface area (Å²) < 4.78 is 13.8. The highest BCUT2D eigenvalue weighted by molar-refractivity contribution is 5.97. The van der Waals surface area contributed by atoms with Crippen LogP contribution < -0.4 is 10.6 Å². The second kappa shape index (κ2) is 8.65. The molecular weight excluding hydrogens is 359 g/mol. The number of hydrogen-bond donors (Lipinski definition) is 3. The first kappa shape index (κ1) is 19.5. The summed E-state index contributed by atoms with van der Waals surface area (Å²) in [5.74, 6) is -0.710. The maximum absolute atomic E-state index is 13.8. The Morgan fingerprint density at radius 2 is 1.82 bits per heavy atom. The number of hydrogen-bond acceptors (Lipinski definition) is 3. The zero-order chi connectivity index (χ0) is 20.1. The van der Waals surface area contributed by atoms with Gasteiger partial charge in [0.2, 0.25) is 17.8 Å². The normalized spacial score (nSPS) is 12.1. The number of aromatic nitrogens is 2. The average molecular weight is 382 g/mol. The number of carbonyl (C=O) groups excluding carboxylic acids is 2. The van der Waals surface area contributed by atoms with Crippen molar-refractivity contribution in [2.45, 2.75) is 32.7 Å². The topological polar surface area (TPSA) is 86.9 Å². The van der Waals surface area contributed by atoms with Gasteiger partial charge < -0.3 is 10.3 Å². The summed E-state index contributed by atoms with van der Waals surface area (Å²) in [6.45, 7) is 3.93. The lowest BCUT2D eigenvalue weighted by Crippen LogP contribution is -2.45. The van der Waals surface area contributed by atoms with E-state index in [1.54, 1.807) is 18.2 Å². The van der Waals surface area contributed by atoms with Gasteiger partial charge >= 0.3 is 0 Å². The summed E-state index contributed by atoms with van der Waals surface area (Å²) in [7, 11) is 0. The Labute approximate surface area is 162 Å². The van der Waals surface area contributed by atoms with Crippen LogP contribution in [-0.2, 0) is 16.0 Å². The highest BCUT2D eigenvalue weighted by Crippen LogP contribution is 2.15. The van der Waals surface area contributed by atoms with Gasteiger partial charge in [-0.1, -0.05) is 44.2 Å². The monoisotopic (exact) mass is 382 g/mol. The SMILES string of the molecule is CC(C)C[C@@H](NC(=O)Cc1ccccc1F)C(=O)Nc1nc2ccccc2[nH]1. The largest absolute Gasteiger partial charge is 0.344 e. The summed E-state index contributed by atoms with van der Waals surface area (Å²) in [5, 5.41) is 5.44. The van der Waals surface area contributed by atoms with Crippen molar-refractivity contribution in [2.24, 2.45) is 5.92 Å². The molecule has 146 valence electrons. The Hall–Kier alpha value is -3.22. The van der Waals surface area contributed by atoms with Crippen molar-refractivity contribution in [3.05, 3.63) is 59.9 Å². The Bertz CT molecular complexity index is 950. The maximum atomic E-state index is 13.8. The van der Waals surface area contributed by atoms with Crippen LogP contribution in [0.5, 0.6) is 0 Å². The molecule has 3 rings (SSSR count). The average Bonchev–Trinajstić information content (AvgIpc) is 3.05. The molecular formula is C21H23FN4O2. The van der Waals surface area contributed by atoms with Crippen molar-refractivity contribution >= 4 is 28.8 Å². The number of H-pyrrole nitrogens is 1. The van der Waals surface area contributed by atoms with Crippen molar-refractivity contribution < 1.29 is 14.0 Å². The van der Waals surface area contributed by atoms with Crippen LogP contribution in [0, 0.1) is 11.7 Å². The molecule has 0 spiro atoms. The summed E-state index contributed by atoms with van der Waals surface area (Å²) >= 11 is 0. The van der Waals surface area contributed by atoms with E-state index in [0.29, 0.717) is 17.9 Å². The number of nitrogens with zero attached hydrogens (tertiary/aromatic N) is 1. The molecule has 0 aliphatic carbocycles. The number of nitrogens with one attached hydrogen (secondary N) is 3. The number of rotatable bonds is 7. The standard InChI is InChI=1S/C21H23FN4O2/c1-13(2)11-18(23-19(27)12-14-7-3-4-8-15(14)22)20(28)26-21-24-16-9-5-6-10-17(16)25-21/h3-10,13,18H,11-12H2,1-2H3,(H,23,27)(H2,24,25,26,28)/t18-/m1/s1. The zero-order valence-corrected chi connectivity index (χ0v) is 15.8. The van der Waals surface area contributed by atoms with Gasteiger partial charge in [-0.25, -0.2) is 9.37 Å². The van der Waals surface area contributed by atoms with Crippen molar-refractivity contribution in [1.29, 1.82) is 0 Å². The van der Waals surface area contributed by atoms with E-state index in [0.717, 1.165) is 11.0 Å². The number of aromatic amines is 1. The van der Waals surface area contributed by atoms with E-state index < -0.39 is 17.8 Å². The van der Waals surface area contributed by atoms with E-state index in [1.165, 1.54) is 6.07 Å². The molecule has 28 heavy (non-hydrogen) atoms. The van der Waals surface area contributed by atoms with Crippen LogP contribution in [0.4, 0.5) is 10.3 Å². The first-order valence-corrected chi connectivity index (χ1v) is 9.20. The molecule has 3 aromatic rings. The smallest absolute Gasteiger partial charge is 0.249 e. The maximum Gasteiger partial charge on any atom is 0.249 e. The molecule has 0 radical (unpaired) electrons. The zero-order valence-electron chi connectivity index (χ0n) is 15.8. The summed E-state index contributed by atoms with van der Waals surface area (Å²) in [5.41, 5.74) is 1.84. The van der Waals surface area contributed by atoms with Crippen molar-refractivity contribution in [1.82, 2.24) is 15.3 Å². The molecule has 0 aliphatic rings. The number of fused-ring (bicyclic) bond motifs is 1. The fourth-order valence-electron chi connectivity index (χ4n) is 2.98. The number of halogens is 1. The highest BCUT2D eigenvalue weighted by atomic mass is 19.1. The fourth-order valence-corrected chi connectivity index (χ4v) is 2.98. The fraction of sp³-hybridized carbons (Fsp3) is 0.286. The molecule has 1 heterocycles. The number of amides is 2. The lowest BCUT2D eigenvalue weighted by molar-refractivity contribution is -0.126. The second-order valence-electron chi connectivity index (χ2n) is 7.11. The molecule has 6 nitrogen and oxygen atoms in total. The van der Waals surface area contributed by atoms with Gasteiger partial charge in [0.15, 0.2) is 0 Å². The predicted molar refractivity (Wildman–Crippen MR) is 106 cm³/mol. The third kappa shape index (κ3) is 4.94. The van der Waals surface area contributed by atoms with Crippen molar-refractivity contribution in [3.63, 3.8) is 0 Å². The first-order valence-electron chi connectivity index (χ1n) is 9.20. The molecule has 2 aromatic carbocycles. The molecule has 0 fully saturated rings. The van der Waals surface area contributed by atoms with Crippen LogP contribution >= 0.6 is 0 Å². The minimum absolute atomic E-state index is 0.126. The van der Waals surface area contributed by atoms with Gasteiger partial charge in [-0.2, -0.15) is 0 Å². The summed E-state index contributed by atoms with van der Waals surface area (Å²) in [6, 6.07) is 12.8. The third-order valence-corrected chi connectivity index (χ3v) is 4.30. The Morgan fingerprint density at radius 3 is 2.54 bits per heavy atom. The van der Waals surface area contributed by atoms with E-state index in [9.17, 15) is 14.0 Å². The first-order chi connectivity index (χ1) is 13.4. The van der Waals surface area contributed by atoms with Gasteiger partial charge in [0.05, 0.1) is 17.5 Å². The molecule has 0 unspecified atom stereocenters. The van der Waals surface area contributed by atoms with Gasteiger partial charge in [0.25, 0.3) is 0 Å². The predicted octanol–water partition coefficient (Wildman–Crippen LogP) is 3.41. The molecule has 1 aromatic heterocycles. The van der Waals surface area contributed by atoms with E-state index >= 15 is 0 Å². The molecule has 1 atom stereocenters. The lowest BCUT2D eigenvalue weighted by Gasteiger charge is -2.19. The molecule has 2 amide bonds.